The van der Waals surface area contributed by atoms with Crippen molar-refractivity contribution in [2.45, 2.75) is 52.5 Å². The number of aliphatic hydroxyl groups excluding tert-OH is 1. The van der Waals surface area contributed by atoms with Crippen molar-refractivity contribution >= 4 is 0 Å². The van der Waals surface area contributed by atoms with E-state index in [1.807, 2.05) is 0 Å². The van der Waals surface area contributed by atoms with Crippen LogP contribution in [0.3, 0.4) is 0 Å². The standard InChI is InChI=1S/C8H17N.C4H10O/c1-6(2)7-4-5-8(7)9-3;1-2-3-4-5/h6-9H,4-5H2,1-3H3;5H,2-4H2,1H3. The van der Waals surface area contributed by atoms with Gasteiger partial charge in [0.05, 0.1) is 0 Å². The molecule has 1 rings (SSSR count). The van der Waals surface area contributed by atoms with Gasteiger partial charge in [-0.15, -0.1) is 0 Å². The number of nitrogens with one attached hydrogen (secondary N) is 1. The minimum absolute atomic E-state index is 0.344. The van der Waals surface area contributed by atoms with Crippen LogP contribution in [0.5, 0.6) is 0 Å². The molecule has 0 bridgehead atoms. The van der Waals surface area contributed by atoms with Crippen molar-refractivity contribution in [1.82, 2.24) is 5.32 Å². The van der Waals surface area contributed by atoms with Crippen LogP contribution >= 0.6 is 0 Å². The first-order chi connectivity index (χ1) is 6.67. The topological polar surface area (TPSA) is 32.3 Å². The molecule has 14 heavy (non-hydrogen) atoms. The van der Waals surface area contributed by atoms with Gasteiger partial charge in [0, 0.05) is 12.6 Å². The lowest BCUT2D eigenvalue weighted by molar-refractivity contribution is 0.163. The van der Waals surface area contributed by atoms with Gasteiger partial charge in [-0.2, -0.15) is 0 Å². The summed E-state index contributed by atoms with van der Waals surface area (Å²) in [5.74, 6) is 1.83. The number of aliphatic hydroxyl groups is 1. The van der Waals surface area contributed by atoms with Crippen LogP contribution in [-0.2, 0) is 0 Å². The van der Waals surface area contributed by atoms with Crippen molar-refractivity contribution in [3.05, 3.63) is 0 Å². The highest BCUT2D eigenvalue weighted by molar-refractivity contribution is 4.87. The Balaban J connectivity index is 0.000000292. The van der Waals surface area contributed by atoms with Crippen LogP contribution in [0.1, 0.15) is 46.5 Å². The average molecular weight is 201 g/mol. The lowest BCUT2D eigenvalue weighted by atomic mass is 9.73. The molecule has 0 saturated heterocycles. The fourth-order valence-electron chi connectivity index (χ4n) is 1.84. The second kappa shape index (κ2) is 8.25. The summed E-state index contributed by atoms with van der Waals surface area (Å²) in [7, 11) is 2.07. The minimum Gasteiger partial charge on any atom is -0.396 e. The van der Waals surface area contributed by atoms with Crippen LogP contribution in [0.25, 0.3) is 0 Å². The maximum Gasteiger partial charge on any atom is 0.0430 e. The Labute approximate surface area is 89.1 Å². The van der Waals surface area contributed by atoms with E-state index >= 15 is 0 Å². The number of hydrogen-bond donors (Lipinski definition) is 2. The molecule has 2 atom stereocenters. The van der Waals surface area contributed by atoms with E-state index in [4.69, 9.17) is 5.11 Å². The van der Waals surface area contributed by atoms with Crippen LogP contribution in [0.4, 0.5) is 0 Å². The maximum atomic E-state index is 8.07. The molecule has 0 aromatic carbocycles. The summed E-state index contributed by atoms with van der Waals surface area (Å²) in [5.41, 5.74) is 0. The van der Waals surface area contributed by atoms with E-state index in [0.717, 1.165) is 30.7 Å². The van der Waals surface area contributed by atoms with E-state index in [1.54, 1.807) is 0 Å². The van der Waals surface area contributed by atoms with Gasteiger partial charge in [0.15, 0.2) is 0 Å². The molecule has 0 radical (unpaired) electrons. The summed E-state index contributed by atoms with van der Waals surface area (Å²) in [6.07, 6.45) is 4.86. The Hall–Kier alpha value is -0.0800. The molecule has 2 nitrogen and oxygen atoms in total. The van der Waals surface area contributed by atoms with E-state index in [0.29, 0.717) is 6.61 Å². The zero-order chi connectivity index (χ0) is 11.0. The summed E-state index contributed by atoms with van der Waals surface area (Å²) >= 11 is 0. The van der Waals surface area contributed by atoms with Gasteiger partial charge in [-0.3, -0.25) is 0 Å². The second-order valence-corrected chi connectivity index (χ2v) is 4.46. The highest BCUT2D eigenvalue weighted by atomic mass is 16.2. The molecule has 2 unspecified atom stereocenters. The Morgan fingerprint density at radius 3 is 2.07 bits per heavy atom. The quantitative estimate of drug-likeness (QED) is 0.732. The summed E-state index contributed by atoms with van der Waals surface area (Å²) in [4.78, 5) is 0. The average Bonchev–Trinajstić information content (AvgIpc) is 2.04. The molecular weight excluding hydrogens is 174 g/mol. The lowest BCUT2D eigenvalue weighted by Gasteiger charge is -2.39. The van der Waals surface area contributed by atoms with Gasteiger partial charge >= 0.3 is 0 Å². The second-order valence-electron chi connectivity index (χ2n) is 4.46. The first-order valence-corrected chi connectivity index (χ1v) is 5.95. The van der Waals surface area contributed by atoms with Gasteiger partial charge in [0.1, 0.15) is 0 Å². The van der Waals surface area contributed by atoms with Crippen LogP contribution in [-0.4, -0.2) is 24.8 Å². The Bertz CT molecular complexity index is 121. The van der Waals surface area contributed by atoms with Crippen molar-refractivity contribution < 1.29 is 5.11 Å². The molecule has 0 spiro atoms. The molecule has 86 valence electrons. The predicted octanol–water partition coefficient (Wildman–Crippen LogP) is 2.42. The predicted molar refractivity (Wildman–Crippen MR) is 62.4 cm³/mol. The van der Waals surface area contributed by atoms with Crippen molar-refractivity contribution in [1.29, 1.82) is 0 Å². The third kappa shape index (κ3) is 4.97. The van der Waals surface area contributed by atoms with E-state index in [2.05, 4.69) is 33.1 Å². The van der Waals surface area contributed by atoms with E-state index < -0.39 is 0 Å². The van der Waals surface area contributed by atoms with E-state index in [-0.39, 0.29) is 0 Å². The molecule has 0 amide bonds. The van der Waals surface area contributed by atoms with E-state index in [1.165, 1.54) is 12.8 Å². The van der Waals surface area contributed by atoms with Gasteiger partial charge in [0.25, 0.3) is 0 Å². The molecule has 1 aliphatic rings. The zero-order valence-corrected chi connectivity index (χ0v) is 10.2. The summed E-state index contributed by atoms with van der Waals surface area (Å²) in [5, 5.41) is 11.4. The van der Waals surface area contributed by atoms with Crippen LogP contribution < -0.4 is 5.32 Å². The number of unbranched alkanes of at least 4 members (excludes halogenated alkanes) is 1. The largest absolute Gasteiger partial charge is 0.396 e. The third-order valence-electron chi connectivity index (χ3n) is 3.07. The highest BCUT2D eigenvalue weighted by Gasteiger charge is 2.31. The van der Waals surface area contributed by atoms with Crippen molar-refractivity contribution in [2.24, 2.45) is 11.8 Å². The molecule has 0 aliphatic heterocycles. The SMILES string of the molecule is CCCCO.CNC1CCC1C(C)C. The van der Waals surface area contributed by atoms with Gasteiger partial charge < -0.3 is 10.4 Å². The Morgan fingerprint density at radius 1 is 1.36 bits per heavy atom. The van der Waals surface area contributed by atoms with Crippen LogP contribution in [0.2, 0.25) is 0 Å². The van der Waals surface area contributed by atoms with Crippen LogP contribution in [0, 0.1) is 11.8 Å². The summed E-state index contributed by atoms with van der Waals surface area (Å²) in [6.45, 7) is 7.02. The van der Waals surface area contributed by atoms with Gasteiger partial charge in [-0.1, -0.05) is 27.2 Å². The van der Waals surface area contributed by atoms with Crippen molar-refractivity contribution in [2.75, 3.05) is 13.7 Å². The lowest BCUT2D eigenvalue weighted by Crippen LogP contribution is -2.44. The van der Waals surface area contributed by atoms with Crippen LogP contribution in [0.15, 0.2) is 0 Å². The molecule has 0 aromatic rings. The summed E-state index contributed by atoms with van der Waals surface area (Å²) < 4.78 is 0. The van der Waals surface area contributed by atoms with E-state index in [9.17, 15) is 0 Å². The first kappa shape index (κ1) is 13.9. The molecule has 1 fully saturated rings. The Kier molecular flexibility index (Phi) is 8.20. The molecular formula is C12H27NO. The van der Waals surface area contributed by atoms with Crippen molar-refractivity contribution in [3.8, 4) is 0 Å². The number of rotatable bonds is 4. The summed E-state index contributed by atoms with van der Waals surface area (Å²) in [6, 6.07) is 0.824. The molecule has 2 heteroatoms. The molecule has 0 heterocycles. The van der Waals surface area contributed by atoms with Gasteiger partial charge in [-0.25, -0.2) is 0 Å². The zero-order valence-electron chi connectivity index (χ0n) is 10.2. The fraction of sp³-hybridized carbons (Fsp3) is 1.00. The smallest absolute Gasteiger partial charge is 0.0430 e. The van der Waals surface area contributed by atoms with Crippen molar-refractivity contribution in [3.63, 3.8) is 0 Å². The first-order valence-electron chi connectivity index (χ1n) is 5.95. The molecule has 1 saturated carbocycles. The highest BCUT2D eigenvalue weighted by Crippen LogP contribution is 2.33. The normalized spacial score (nSPS) is 25.3. The third-order valence-corrected chi connectivity index (χ3v) is 3.07. The Morgan fingerprint density at radius 2 is 2.00 bits per heavy atom. The molecule has 2 N–H and O–H groups in total. The van der Waals surface area contributed by atoms with Gasteiger partial charge in [0.2, 0.25) is 0 Å². The fourth-order valence-corrected chi connectivity index (χ4v) is 1.84. The monoisotopic (exact) mass is 201 g/mol. The molecule has 1 aliphatic carbocycles. The molecule has 0 aromatic heterocycles. The maximum absolute atomic E-state index is 8.07. The minimum atomic E-state index is 0.344. The van der Waals surface area contributed by atoms with Gasteiger partial charge in [-0.05, 0) is 38.1 Å². The number of hydrogen-bond acceptors (Lipinski definition) is 2.